The van der Waals surface area contributed by atoms with Gasteiger partial charge >= 0.3 is 0 Å². The fourth-order valence-corrected chi connectivity index (χ4v) is 3.86. The maximum absolute atomic E-state index is 12.0. The van der Waals surface area contributed by atoms with Crippen LogP contribution in [0.2, 0.25) is 0 Å². The summed E-state index contributed by atoms with van der Waals surface area (Å²) in [5.74, 6) is 0. The topological polar surface area (TPSA) is 84.2 Å². The molecule has 0 aliphatic heterocycles. The van der Waals surface area contributed by atoms with E-state index in [1.165, 1.54) is 6.07 Å². The Hall–Kier alpha value is -1.22. The van der Waals surface area contributed by atoms with Crippen molar-refractivity contribution in [2.75, 3.05) is 6.54 Å². The highest BCUT2D eigenvalue weighted by molar-refractivity contribution is 7.91. The number of aliphatic hydroxyl groups is 1. The first-order chi connectivity index (χ1) is 9.01. The number of sulfonamides is 1. The minimum absolute atomic E-state index is 0.151. The van der Waals surface area contributed by atoms with Crippen LogP contribution in [0.4, 0.5) is 0 Å². The summed E-state index contributed by atoms with van der Waals surface area (Å²) in [6, 6.07) is 1.48. The van der Waals surface area contributed by atoms with Crippen LogP contribution < -0.4 is 4.72 Å². The molecule has 0 amide bonds. The highest BCUT2D eigenvalue weighted by Crippen LogP contribution is 2.19. The quantitative estimate of drug-likeness (QED) is 0.813. The number of thiophene rings is 1. The summed E-state index contributed by atoms with van der Waals surface area (Å²) in [6.07, 6.45) is 4.15. The van der Waals surface area contributed by atoms with E-state index in [4.69, 9.17) is 5.11 Å². The smallest absolute Gasteiger partial charge is 0.250 e. The van der Waals surface area contributed by atoms with Gasteiger partial charge in [0.25, 0.3) is 0 Å². The first kappa shape index (κ1) is 14.2. The Balaban J connectivity index is 1.94. The van der Waals surface area contributed by atoms with Crippen LogP contribution in [0.3, 0.4) is 0 Å². The Labute approximate surface area is 115 Å². The first-order valence-corrected chi connectivity index (χ1v) is 8.03. The van der Waals surface area contributed by atoms with Gasteiger partial charge < -0.3 is 5.11 Å². The lowest BCUT2D eigenvalue weighted by Crippen LogP contribution is -2.25. The Bertz CT molecular complexity index is 646. The molecule has 2 rings (SSSR count). The van der Waals surface area contributed by atoms with E-state index < -0.39 is 10.0 Å². The van der Waals surface area contributed by atoms with E-state index >= 15 is 0 Å². The molecule has 2 N–H and O–H groups in total. The minimum atomic E-state index is -3.48. The summed E-state index contributed by atoms with van der Waals surface area (Å²) >= 11 is 1.10. The Kier molecular flexibility index (Phi) is 4.35. The highest BCUT2D eigenvalue weighted by atomic mass is 32.2. The van der Waals surface area contributed by atoms with Gasteiger partial charge in [0.05, 0.1) is 12.8 Å². The van der Waals surface area contributed by atoms with Crippen molar-refractivity contribution in [1.29, 1.82) is 0 Å². The molecule has 8 heteroatoms. The number of rotatable bonds is 6. The van der Waals surface area contributed by atoms with Gasteiger partial charge in [-0.3, -0.25) is 4.68 Å². The lowest BCUT2D eigenvalue weighted by Gasteiger charge is -2.03. The molecule has 6 nitrogen and oxygen atoms in total. The van der Waals surface area contributed by atoms with Gasteiger partial charge in [-0.15, -0.1) is 11.3 Å². The van der Waals surface area contributed by atoms with Gasteiger partial charge in [-0.2, -0.15) is 5.10 Å². The molecule has 2 aromatic rings. The number of hydrogen-bond donors (Lipinski definition) is 2. The standard InChI is InChI=1S/C11H15N3O3S2/c1-14-6-9(5-12-14)2-3-13-19(16,17)11-4-10(7-15)8-18-11/h4-6,8,13,15H,2-3,7H2,1H3. The van der Waals surface area contributed by atoms with Gasteiger partial charge in [-0.05, 0) is 29.0 Å². The van der Waals surface area contributed by atoms with Crippen LogP contribution in [0, 0.1) is 0 Å². The third-order valence-corrected chi connectivity index (χ3v) is 5.49. The zero-order chi connectivity index (χ0) is 13.9. The van der Waals surface area contributed by atoms with Crippen molar-refractivity contribution in [2.45, 2.75) is 17.2 Å². The van der Waals surface area contributed by atoms with Gasteiger partial charge in [-0.25, -0.2) is 13.1 Å². The molecule has 0 saturated carbocycles. The molecule has 0 fully saturated rings. The molecule has 0 saturated heterocycles. The van der Waals surface area contributed by atoms with Crippen LogP contribution in [-0.2, 0) is 30.1 Å². The molecule has 0 atom stereocenters. The third kappa shape index (κ3) is 3.63. The molecule has 104 valence electrons. The van der Waals surface area contributed by atoms with Crippen LogP contribution in [0.1, 0.15) is 11.1 Å². The third-order valence-electron chi connectivity index (χ3n) is 2.54. The van der Waals surface area contributed by atoms with Crippen molar-refractivity contribution in [1.82, 2.24) is 14.5 Å². The van der Waals surface area contributed by atoms with Crippen molar-refractivity contribution < 1.29 is 13.5 Å². The minimum Gasteiger partial charge on any atom is -0.392 e. The second-order valence-electron chi connectivity index (χ2n) is 4.10. The van der Waals surface area contributed by atoms with Crippen LogP contribution in [0.25, 0.3) is 0 Å². The summed E-state index contributed by atoms with van der Waals surface area (Å²) in [5, 5.41) is 14.6. The SMILES string of the molecule is Cn1cc(CCNS(=O)(=O)c2cc(CO)cs2)cn1. The van der Waals surface area contributed by atoms with E-state index in [2.05, 4.69) is 9.82 Å². The van der Waals surface area contributed by atoms with Gasteiger partial charge in [0, 0.05) is 19.8 Å². The van der Waals surface area contributed by atoms with Crippen LogP contribution in [-0.4, -0.2) is 29.8 Å². The summed E-state index contributed by atoms with van der Waals surface area (Å²) in [5.41, 5.74) is 1.59. The van der Waals surface area contributed by atoms with Crippen LogP contribution in [0.15, 0.2) is 28.0 Å². The Morgan fingerprint density at radius 2 is 2.26 bits per heavy atom. The number of nitrogens with one attached hydrogen (secondary N) is 1. The molecule has 19 heavy (non-hydrogen) atoms. The molecular weight excluding hydrogens is 286 g/mol. The molecule has 0 aliphatic carbocycles. The zero-order valence-electron chi connectivity index (χ0n) is 10.4. The lowest BCUT2D eigenvalue weighted by molar-refractivity contribution is 0.282. The van der Waals surface area contributed by atoms with Gasteiger partial charge in [0.1, 0.15) is 4.21 Å². The van der Waals surface area contributed by atoms with E-state index in [-0.39, 0.29) is 10.8 Å². The number of aromatic nitrogens is 2. The normalized spacial score (nSPS) is 11.9. The van der Waals surface area contributed by atoms with Crippen molar-refractivity contribution in [3.05, 3.63) is 35.0 Å². The fraction of sp³-hybridized carbons (Fsp3) is 0.364. The predicted octanol–water partition coefficient (Wildman–Crippen LogP) is 0.495. The van der Waals surface area contributed by atoms with E-state index in [0.717, 1.165) is 16.9 Å². The summed E-state index contributed by atoms with van der Waals surface area (Å²) in [6.45, 7) is 0.169. The Morgan fingerprint density at radius 1 is 1.47 bits per heavy atom. The van der Waals surface area contributed by atoms with Crippen molar-refractivity contribution >= 4 is 21.4 Å². The molecule has 2 heterocycles. The lowest BCUT2D eigenvalue weighted by atomic mass is 10.3. The van der Waals surface area contributed by atoms with E-state index in [1.807, 2.05) is 13.2 Å². The molecular formula is C11H15N3O3S2. The van der Waals surface area contributed by atoms with E-state index in [9.17, 15) is 8.42 Å². The summed E-state index contributed by atoms with van der Waals surface area (Å²) in [7, 11) is -1.67. The molecule has 0 bridgehead atoms. The number of hydrogen-bond acceptors (Lipinski definition) is 5. The maximum Gasteiger partial charge on any atom is 0.250 e. The average Bonchev–Trinajstić information content (AvgIpc) is 2.98. The van der Waals surface area contributed by atoms with Gasteiger partial charge in [0.2, 0.25) is 10.0 Å². The van der Waals surface area contributed by atoms with Crippen LogP contribution in [0.5, 0.6) is 0 Å². The summed E-state index contributed by atoms with van der Waals surface area (Å²) < 4.78 is 28.3. The molecule has 0 unspecified atom stereocenters. The zero-order valence-corrected chi connectivity index (χ0v) is 12.0. The molecule has 0 radical (unpaired) electrons. The average molecular weight is 301 g/mol. The highest BCUT2D eigenvalue weighted by Gasteiger charge is 2.16. The number of aryl methyl sites for hydroxylation is 1. The molecule has 2 aromatic heterocycles. The molecule has 0 aliphatic rings. The van der Waals surface area contributed by atoms with Crippen molar-refractivity contribution in [3.63, 3.8) is 0 Å². The number of nitrogens with zero attached hydrogens (tertiary/aromatic N) is 2. The number of aliphatic hydroxyl groups excluding tert-OH is 1. The van der Waals surface area contributed by atoms with Crippen LogP contribution >= 0.6 is 11.3 Å². The van der Waals surface area contributed by atoms with Crippen molar-refractivity contribution in [2.24, 2.45) is 7.05 Å². The second kappa shape index (κ2) is 5.83. The van der Waals surface area contributed by atoms with E-state index in [0.29, 0.717) is 18.5 Å². The van der Waals surface area contributed by atoms with Gasteiger partial charge in [-0.1, -0.05) is 0 Å². The maximum atomic E-state index is 12.0. The van der Waals surface area contributed by atoms with Crippen molar-refractivity contribution in [3.8, 4) is 0 Å². The molecule has 0 spiro atoms. The van der Waals surface area contributed by atoms with E-state index in [1.54, 1.807) is 16.3 Å². The predicted molar refractivity (Wildman–Crippen MR) is 72.3 cm³/mol. The molecule has 0 aromatic carbocycles. The second-order valence-corrected chi connectivity index (χ2v) is 7.01. The fourth-order valence-electron chi connectivity index (χ4n) is 1.58. The summed E-state index contributed by atoms with van der Waals surface area (Å²) in [4.78, 5) is 0. The van der Waals surface area contributed by atoms with Gasteiger partial charge in [0.15, 0.2) is 0 Å². The Morgan fingerprint density at radius 3 is 2.84 bits per heavy atom. The first-order valence-electron chi connectivity index (χ1n) is 5.67. The largest absolute Gasteiger partial charge is 0.392 e. The monoisotopic (exact) mass is 301 g/mol.